The Morgan fingerprint density at radius 1 is 1.70 bits per heavy atom. The largest absolute Gasteiger partial charge is 0.350 e. The number of nitrogens with zero attached hydrogens (tertiary/aromatic N) is 2. The third kappa shape index (κ3) is 1.18. The van der Waals surface area contributed by atoms with Crippen molar-refractivity contribution in [3.63, 3.8) is 0 Å². The first kappa shape index (κ1) is 7.65. The molecule has 0 aromatic carbocycles. The third-order valence-corrected chi connectivity index (χ3v) is 1.67. The second kappa shape index (κ2) is 2.30. The summed E-state index contributed by atoms with van der Waals surface area (Å²) in [5.41, 5.74) is -0.542. The molecule has 0 bridgehead atoms. The van der Waals surface area contributed by atoms with Crippen LogP contribution >= 0.6 is 0 Å². The molecule has 4 heteroatoms. The second-order valence-electron chi connectivity index (χ2n) is 2.67. The van der Waals surface area contributed by atoms with E-state index in [1.165, 1.54) is 0 Å². The smallest absolute Gasteiger partial charge is 0.257 e. The van der Waals surface area contributed by atoms with Gasteiger partial charge in [0.25, 0.3) is 6.41 Å². The zero-order chi connectivity index (χ0) is 7.78. The van der Waals surface area contributed by atoms with Gasteiger partial charge in [-0.25, -0.2) is 4.99 Å². The summed E-state index contributed by atoms with van der Waals surface area (Å²) < 4.78 is 5.07. The molecule has 0 aromatic heterocycles. The molecular weight excluding hydrogens is 132 g/mol. The van der Waals surface area contributed by atoms with E-state index in [9.17, 15) is 0 Å². The molecule has 0 fully saturated rings. The van der Waals surface area contributed by atoms with Crippen LogP contribution in [0.5, 0.6) is 0 Å². The quantitative estimate of drug-likeness (QED) is 0.546. The maximum atomic E-state index is 8.87. The van der Waals surface area contributed by atoms with Gasteiger partial charge in [-0.3, -0.25) is 4.90 Å². The van der Waals surface area contributed by atoms with Gasteiger partial charge in [-0.15, -0.1) is 0 Å². The zero-order valence-electron chi connectivity index (χ0n) is 6.40. The molecule has 1 aliphatic rings. The van der Waals surface area contributed by atoms with Crippen molar-refractivity contribution in [1.29, 1.82) is 0 Å². The first-order chi connectivity index (χ1) is 4.54. The van der Waals surface area contributed by atoms with Gasteiger partial charge in [-0.1, -0.05) is 0 Å². The minimum atomic E-state index is -0.993. The van der Waals surface area contributed by atoms with Gasteiger partial charge in [0.15, 0.2) is 5.72 Å². The van der Waals surface area contributed by atoms with Crippen LogP contribution in [0.2, 0.25) is 0 Å². The Bertz CT molecular complexity index is 158. The lowest BCUT2D eigenvalue weighted by atomic mass is 10.3. The van der Waals surface area contributed by atoms with Crippen LogP contribution in [0.1, 0.15) is 6.92 Å². The van der Waals surface area contributed by atoms with Gasteiger partial charge in [0.05, 0.1) is 6.21 Å². The van der Waals surface area contributed by atoms with Crippen molar-refractivity contribution in [2.45, 2.75) is 19.1 Å². The van der Waals surface area contributed by atoms with E-state index >= 15 is 0 Å². The molecule has 1 rings (SSSR count). The normalized spacial score (nSPS) is 39.5. The van der Waals surface area contributed by atoms with Gasteiger partial charge in [0.2, 0.25) is 0 Å². The number of hydrogen-bond donors (Lipinski definition) is 1. The van der Waals surface area contributed by atoms with E-state index < -0.39 is 12.1 Å². The van der Waals surface area contributed by atoms with E-state index in [2.05, 4.69) is 4.99 Å². The van der Waals surface area contributed by atoms with Crippen molar-refractivity contribution in [2.24, 2.45) is 4.99 Å². The SMILES string of the molecule is CN(C)C1(C)C=NC(O)O1. The van der Waals surface area contributed by atoms with E-state index in [1.807, 2.05) is 25.9 Å². The number of rotatable bonds is 1. The van der Waals surface area contributed by atoms with Crippen LogP contribution in [-0.2, 0) is 4.74 Å². The average molecular weight is 144 g/mol. The Balaban J connectivity index is 2.65. The van der Waals surface area contributed by atoms with Crippen LogP contribution in [0, 0.1) is 0 Å². The maximum absolute atomic E-state index is 8.87. The summed E-state index contributed by atoms with van der Waals surface area (Å²) in [7, 11) is 3.73. The van der Waals surface area contributed by atoms with Crippen molar-refractivity contribution in [3.05, 3.63) is 0 Å². The molecule has 0 aromatic rings. The van der Waals surface area contributed by atoms with Crippen LogP contribution in [0.25, 0.3) is 0 Å². The topological polar surface area (TPSA) is 45.1 Å². The van der Waals surface area contributed by atoms with Gasteiger partial charge in [-0.2, -0.15) is 0 Å². The molecule has 0 amide bonds. The molecule has 1 aliphatic heterocycles. The van der Waals surface area contributed by atoms with Gasteiger partial charge in [0, 0.05) is 0 Å². The summed E-state index contributed by atoms with van der Waals surface area (Å²) in [4.78, 5) is 5.52. The molecule has 1 N–H and O–H groups in total. The maximum Gasteiger partial charge on any atom is 0.257 e. The highest BCUT2D eigenvalue weighted by molar-refractivity contribution is 5.68. The highest BCUT2D eigenvalue weighted by atomic mass is 16.7. The monoisotopic (exact) mass is 144 g/mol. The van der Waals surface area contributed by atoms with Crippen LogP contribution < -0.4 is 0 Å². The van der Waals surface area contributed by atoms with Crippen molar-refractivity contribution >= 4 is 6.21 Å². The van der Waals surface area contributed by atoms with E-state index in [0.29, 0.717) is 0 Å². The van der Waals surface area contributed by atoms with Gasteiger partial charge in [-0.05, 0) is 21.0 Å². The van der Waals surface area contributed by atoms with Crippen LogP contribution in [0.3, 0.4) is 0 Å². The first-order valence-electron chi connectivity index (χ1n) is 3.12. The Hall–Kier alpha value is -0.450. The number of aliphatic hydroxyl groups excluding tert-OH is 1. The number of ether oxygens (including phenoxy) is 1. The molecule has 1 heterocycles. The molecule has 0 saturated heterocycles. The Kier molecular flexibility index (Phi) is 1.76. The van der Waals surface area contributed by atoms with Crippen molar-refractivity contribution < 1.29 is 9.84 Å². The first-order valence-corrected chi connectivity index (χ1v) is 3.12. The van der Waals surface area contributed by atoms with Crippen molar-refractivity contribution in [1.82, 2.24) is 4.90 Å². The molecule has 4 nitrogen and oxygen atoms in total. The van der Waals surface area contributed by atoms with E-state index in [4.69, 9.17) is 9.84 Å². The van der Waals surface area contributed by atoms with Crippen LogP contribution in [-0.4, -0.2) is 42.5 Å². The third-order valence-electron chi connectivity index (χ3n) is 1.67. The van der Waals surface area contributed by atoms with Gasteiger partial charge >= 0.3 is 0 Å². The minimum Gasteiger partial charge on any atom is -0.350 e. The number of aliphatic hydroxyl groups is 1. The highest BCUT2D eigenvalue weighted by Gasteiger charge is 2.33. The molecule has 58 valence electrons. The summed E-state index contributed by atoms with van der Waals surface area (Å²) in [6, 6.07) is 0. The van der Waals surface area contributed by atoms with Crippen molar-refractivity contribution in [3.8, 4) is 0 Å². The average Bonchev–Trinajstić information content (AvgIpc) is 2.13. The van der Waals surface area contributed by atoms with Gasteiger partial charge in [0.1, 0.15) is 0 Å². The standard InChI is InChI=1S/C6H12N2O2/c1-6(8(2)3)4-7-5(9)10-6/h4-5,9H,1-3H3. The highest BCUT2D eigenvalue weighted by Crippen LogP contribution is 2.18. The minimum absolute atomic E-state index is 0.542. The van der Waals surface area contributed by atoms with E-state index in [1.54, 1.807) is 6.21 Å². The summed E-state index contributed by atoms with van der Waals surface area (Å²) in [6.45, 7) is 1.84. The van der Waals surface area contributed by atoms with Gasteiger partial charge < -0.3 is 9.84 Å². The predicted octanol–water partition coefficient (Wildman–Crippen LogP) is -0.359. The zero-order valence-corrected chi connectivity index (χ0v) is 6.40. The summed E-state index contributed by atoms with van der Waals surface area (Å²) in [5, 5.41) is 8.87. The Morgan fingerprint density at radius 2 is 2.30 bits per heavy atom. The van der Waals surface area contributed by atoms with Crippen LogP contribution in [0.15, 0.2) is 4.99 Å². The van der Waals surface area contributed by atoms with E-state index in [0.717, 1.165) is 0 Å². The predicted molar refractivity (Wildman–Crippen MR) is 37.7 cm³/mol. The fraction of sp³-hybridized carbons (Fsp3) is 0.833. The molecule has 0 spiro atoms. The van der Waals surface area contributed by atoms with E-state index in [-0.39, 0.29) is 0 Å². The Labute approximate surface area is 60.1 Å². The van der Waals surface area contributed by atoms with Crippen LogP contribution in [0.4, 0.5) is 0 Å². The fourth-order valence-electron chi connectivity index (χ4n) is 0.697. The lowest BCUT2D eigenvalue weighted by molar-refractivity contribution is -0.171. The molecule has 2 unspecified atom stereocenters. The Morgan fingerprint density at radius 3 is 2.50 bits per heavy atom. The lowest BCUT2D eigenvalue weighted by Gasteiger charge is -2.28. The summed E-state index contributed by atoms with van der Waals surface area (Å²) in [5.74, 6) is 0. The molecule has 10 heavy (non-hydrogen) atoms. The molecule has 0 aliphatic carbocycles. The molecule has 2 atom stereocenters. The summed E-state index contributed by atoms with van der Waals surface area (Å²) in [6.07, 6.45) is 0.602. The number of aliphatic imine (C=N–C) groups is 1. The second-order valence-corrected chi connectivity index (χ2v) is 2.67. The fourth-order valence-corrected chi connectivity index (χ4v) is 0.697. The lowest BCUT2D eigenvalue weighted by Crippen LogP contribution is -2.43. The summed E-state index contributed by atoms with van der Waals surface area (Å²) >= 11 is 0. The molecule has 0 radical (unpaired) electrons. The van der Waals surface area contributed by atoms with Crippen molar-refractivity contribution in [2.75, 3.05) is 14.1 Å². The molecule has 0 saturated carbocycles. The number of hydrogen-bond acceptors (Lipinski definition) is 4. The molecular formula is C6H12N2O2.